The van der Waals surface area contributed by atoms with Crippen LogP contribution in [0.5, 0.6) is 0 Å². The molecule has 0 radical (unpaired) electrons. The van der Waals surface area contributed by atoms with Gasteiger partial charge in [0.25, 0.3) is 5.91 Å². The van der Waals surface area contributed by atoms with Gasteiger partial charge in [0.2, 0.25) is 0 Å². The molecular weight excluding hydrogens is 478 g/mol. The van der Waals surface area contributed by atoms with Crippen molar-refractivity contribution in [2.45, 2.75) is 36.1 Å². The first-order chi connectivity index (χ1) is 17.1. The molecule has 5 rings (SSSR count). The molecule has 1 amide bonds. The molecule has 0 spiro atoms. The van der Waals surface area contributed by atoms with Crippen molar-refractivity contribution < 1.29 is 22.7 Å². The van der Waals surface area contributed by atoms with Gasteiger partial charge >= 0.3 is 5.97 Å². The Kier molecular flexibility index (Phi) is 5.67. The number of carbonyl (C=O) groups excluding carboxylic acids is 2. The molecule has 1 aromatic heterocycles. The minimum absolute atomic E-state index is 0.0679. The second-order valence-electron chi connectivity index (χ2n) is 9.37. The van der Waals surface area contributed by atoms with Gasteiger partial charge in [-0.05, 0) is 43.2 Å². The summed E-state index contributed by atoms with van der Waals surface area (Å²) in [5, 5.41) is -1.25. The van der Waals surface area contributed by atoms with Crippen LogP contribution in [0.1, 0.15) is 36.8 Å². The SMILES string of the molecule is CC1(C)[C@H](C(=O)OC(c2ccccc2)c2ccccc2)N2C(=O)/C(=C/c3ccc(N)cn3)[C@H]2S1(=O)=O. The van der Waals surface area contributed by atoms with Gasteiger partial charge in [-0.1, -0.05) is 60.7 Å². The third kappa shape index (κ3) is 3.67. The molecule has 3 heterocycles. The van der Waals surface area contributed by atoms with Crippen molar-refractivity contribution in [1.29, 1.82) is 0 Å². The first-order valence-electron chi connectivity index (χ1n) is 11.4. The summed E-state index contributed by atoms with van der Waals surface area (Å²) in [6.45, 7) is 2.91. The van der Waals surface area contributed by atoms with Crippen molar-refractivity contribution in [3.8, 4) is 0 Å². The number of amides is 1. The van der Waals surface area contributed by atoms with Crippen LogP contribution >= 0.6 is 0 Å². The van der Waals surface area contributed by atoms with E-state index >= 15 is 0 Å². The minimum atomic E-state index is -3.95. The molecule has 184 valence electrons. The fourth-order valence-electron chi connectivity index (χ4n) is 4.75. The van der Waals surface area contributed by atoms with Crippen molar-refractivity contribution in [1.82, 2.24) is 9.88 Å². The van der Waals surface area contributed by atoms with Crippen LogP contribution in [0.2, 0.25) is 0 Å². The molecule has 2 aliphatic heterocycles. The number of ether oxygens (including phenoxy) is 1. The number of hydrogen-bond acceptors (Lipinski definition) is 7. The van der Waals surface area contributed by atoms with Crippen molar-refractivity contribution in [2.24, 2.45) is 0 Å². The number of benzene rings is 2. The number of fused-ring (bicyclic) bond motifs is 1. The number of esters is 1. The van der Waals surface area contributed by atoms with E-state index in [2.05, 4.69) is 4.98 Å². The van der Waals surface area contributed by atoms with Crippen molar-refractivity contribution in [3.63, 3.8) is 0 Å². The second-order valence-corrected chi connectivity index (χ2v) is 12.0. The lowest BCUT2D eigenvalue weighted by molar-refractivity contribution is -0.160. The maximum atomic E-state index is 13.6. The zero-order valence-corrected chi connectivity index (χ0v) is 20.6. The van der Waals surface area contributed by atoms with Crippen LogP contribution in [0.15, 0.2) is 84.6 Å². The van der Waals surface area contributed by atoms with E-state index in [1.165, 1.54) is 26.1 Å². The highest BCUT2D eigenvalue weighted by Gasteiger charge is 2.70. The number of nitrogens with zero attached hydrogens (tertiary/aromatic N) is 2. The number of sulfone groups is 1. The highest BCUT2D eigenvalue weighted by Crippen LogP contribution is 2.49. The average molecular weight is 504 g/mol. The molecule has 9 heteroatoms. The van der Waals surface area contributed by atoms with Crippen LogP contribution in [0.3, 0.4) is 0 Å². The van der Waals surface area contributed by atoms with E-state index in [9.17, 15) is 18.0 Å². The van der Waals surface area contributed by atoms with Gasteiger partial charge in [0.05, 0.1) is 23.2 Å². The molecule has 36 heavy (non-hydrogen) atoms. The van der Waals surface area contributed by atoms with Crippen LogP contribution in [-0.2, 0) is 24.2 Å². The zero-order valence-electron chi connectivity index (χ0n) is 19.7. The summed E-state index contributed by atoms with van der Waals surface area (Å²) in [6.07, 6.45) is 2.09. The van der Waals surface area contributed by atoms with Crippen LogP contribution in [-0.4, -0.2) is 46.3 Å². The molecule has 0 bridgehead atoms. The fraction of sp³-hybridized carbons (Fsp3) is 0.222. The van der Waals surface area contributed by atoms with Gasteiger partial charge in [0.1, 0.15) is 4.75 Å². The summed E-state index contributed by atoms with van der Waals surface area (Å²) in [5.41, 5.74) is 8.05. The lowest BCUT2D eigenvalue weighted by Gasteiger charge is -2.38. The van der Waals surface area contributed by atoms with E-state index in [1.807, 2.05) is 60.7 Å². The highest BCUT2D eigenvalue weighted by molar-refractivity contribution is 7.94. The third-order valence-corrected chi connectivity index (χ3v) is 9.50. The Balaban J connectivity index is 1.50. The highest BCUT2D eigenvalue weighted by atomic mass is 32.2. The Hall–Kier alpha value is -3.98. The quantitative estimate of drug-likeness (QED) is 0.323. The monoisotopic (exact) mass is 503 g/mol. The molecule has 2 fully saturated rings. The van der Waals surface area contributed by atoms with Crippen molar-refractivity contribution in [3.05, 3.63) is 101 Å². The topological polar surface area (TPSA) is 120 Å². The molecule has 2 atom stereocenters. The maximum Gasteiger partial charge on any atom is 0.331 e. The third-order valence-electron chi connectivity index (χ3n) is 6.74. The molecule has 0 unspecified atom stereocenters. The molecule has 2 saturated heterocycles. The number of pyridine rings is 1. The van der Waals surface area contributed by atoms with Gasteiger partial charge in [-0.25, -0.2) is 13.2 Å². The zero-order chi connectivity index (χ0) is 25.7. The standard InChI is InChI=1S/C27H25N3O5S/c1-27(2)23(26(32)35-22(17-9-5-3-6-10-17)18-11-7-4-8-12-18)30-24(31)21(25(30)36(27,33)34)15-20-14-13-19(28)16-29-20/h3-16,22-23,25H,28H2,1-2H3/b21-15-/t23-,25+/m0/s1. The molecule has 0 saturated carbocycles. The number of hydrogen-bond donors (Lipinski definition) is 1. The van der Waals surface area contributed by atoms with Gasteiger partial charge in [-0.2, -0.15) is 0 Å². The number of rotatable bonds is 5. The van der Waals surface area contributed by atoms with Crippen LogP contribution in [0, 0.1) is 0 Å². The number of β-lactam (4-membered cyclic amide) rings is 1. The number of carbonyl (C=O) groups is 2. The molecule has 2 N–H and O–H groups in total. The predicted octanol–water partition coefficient (Wildman–Crippen LogP) is 3.12. The van der Waals surface area contributed by atoms with E-state index in [1.54, 1.807) is 12.1 Å². The van der Waals surface area contributed by atoms with E-state index in [-0.39, 0.29) is 5.57 Å². The normalized spacial score (nSPS) is 22.8. The predicted molar refractivity (Wildman–Crippen MR) is 135 cm³/mol. The van der Waals surface area contributed by atoms with E-state index in [4.69, 9.17) is 10.5 Å². The summed E-state index contributed by atoms with van der Waals surface area (Å²) in [4.78, 5) is 32.0. The summed E-state index contributed by atoms with van der Waals surface area (Å²) in [7, 11) is -3.95. The summed E-state index contributed by atoms with van der Waals surface area (Å²) >= 11 is 0. The minimum Gasteiger partial charge on any atom is -0.451 e. The van der Waals surface area contributed by atoms with Gasteiger partial charge in [0, 0.05) is 0 Å². The molecule has 0 aliphatic carbocycles. The summed E-state index contributed by atoms with van der Waals surface area (Å²) in [6, 6.07) is 20.3. The lowest BCUT2D eigenvalue weighted by atomic mass is 9.94. The second kappa shape index (κ2) is 8.60. The van der Waals surface area contributed by atoms with Crippen LogP contribution in [0.25, 0.3) is 6.08 Å². The largest absolute Gasteiger partial charge is 0.451 e. The molecule has 3 aromatic rings. The smallest absolute Gasteiger partial charge is 0.331 e. The Morgan fingerprint density at radius 2 is 1.61 bits per heavy atom. The molecule has 2 aliphatic rings. The van der Waals surface area contributed by atoms with E-state index in [0.29, 0.717) is 11.4 Å². The molecule has 8 nitrogen and oxygen atoms in total. The Morgan fingerprint density at radius 3 is 2.14 bits per heavy atom. The Labute approximate surface area is 209 Å². The van der Waals surface area contributed by atoms with E-state index in [0.717, 1.165) is 16.0 Å². The van der Waals surface area contributed by atoms with E-state index < -0.39 is 44.0 Å². The van der Waals surface area contributed by atoms with Gasteiger partial charge in [0.15, 0.2) is 27.4 Å². The average Bonchev–Trinajstić information content (AvgIpc) is 3.02. The van der Waals surface area contributed by atoms with Gasteiger partial charge in [-0.3, -0.25) is 9.78 Å². The number of nitrogen functional groups attached to an aromatic ring is 1. The van der Waals surface area contributed by atoms with Crippen molar-refractivity contribution >= 4 is 33.5 Å². The van der Waals surface area contributed by atoms with Crippen molar-refractivity contribution in [2.75, 3.05) is 5.73 Å². The molecular formula is C27H25N3O5S. The number of anilines is 1. The van der Waals surface area contributed by atoms with Gasteiger partial charge < -0.3 is 15.4 Å². The van der Waals surface area contributed by atoms with Crippen LogP contribution in [0.4, 0.5) is 5.69 Å². The number of nitrogens with two attached hydrogens (primary N) is 1. The maximum absolute atomic E-state index is 13.6. The first kappa shape index (κ1) is 23.7. The van der Waals surface area contributed by atoms with Gasteiger partial charge in [-0.15, -0.1) is 0 Å². The lowest BCUT2D eigenvalue weighted by Crippen LogP contribution is -2.59. The first-order valence-corrected chi connectivity index (χ1v) is 13.0. The Bertz CT molecular complexity index is 1410. The summed E-state index contributed by atoms with van der Waals surface area (Å²) in [5.74, 6) is -1.31. The Morgan fingerprint density at radius 1 is 1.03 bits per heavy atom. The summed E-state index contributed by atoms with van der Waals surface area (Å²) < 4.78 is 31.5. The molecule has 2 aromatic carbocycles. The fourth-order valence-corrected chi connectivity index (χ4v) is 6.87. The van der Waals surface area contributed by atoms with Crippen LogP contribution < -0.4 is 5.73 Å². The number of aromatic nitrogens is 1.